The highest BCUT2D eigenvalue weighted by atomic mass is 16.5. The van der Waals surface area contributed by atoms with Crippen LogP contribution in [-0.2, 0) is 11.3 Å². The van der Waals surface area contributed by atoms with E-state index in [1.807, 2.05) is 30.3 Å². The highest BCUT2D eigenvalue weighted by molar-refractivity contribution is 6.00. The lowest BCUT2D eigenvalue weighted by molar-refractivity contribution is -0.0224. The van der Waals surface area contributed by atoms with Crippen LogP contribution in [0.4, 0.5) is 5.82 Å². The molecular weight excluding hydrogens is 450 g/mol. The monoisotopic (exact) mass is 483 g/mol. The van der Waals surface area contributed by atoms with E-state index in [1.54, 1.807) is 6.33 Å². The Bertz CT molecular complexity index is 1310. The fraction of sp³-hybridized carbons (Fsp3) is 0.379. The third kappa shape index (κ3) is 4.68. The van der Waals surface area contributed by atoms with Crippen molar-refractivity contribution in [3.8, 4) is 16.9 Å². The van der Waals surface area contributed by atoms with E-state index >= 15 is 0 Å². The first-order valence-corrected chi connectivity index (χ1v) is 13.0. The molecule has 1 aliphatic heterocycles. The summed E-state index contributed by atoms with van der Waals surface area (Å²) >= 11 is 0. The molecular formula is C29H33N5O2. The van der Waals surface area contributed by atoms with Crippen LogP contribution in [0.3, 0.4) is 0 Å². The zero-order chi connectivity index (χ0) is 24.3. The quantitative estimate of drug-likeness (QED) is 0.402. The number of aromatic nitrogens is 3. The minimum Gasteiger partial charge on any atom is -0.489 e. The van der Waals surface area contributed by atoms with Gasteiger partial charge in [0, 0.05) is 30.9 Å². The Hall–Kier alpha value is -3.42. The first-order valence-electron chi connectivity index (χ1n) is 13.0. The van der Waals surface area contributed by atoms with Crippen LogP contribution in [0, 0.1) is 5.92 Å². The van der Waals surface area contributed by atoms with Gasteiger partial charge in [-0.1, -0.05) is 42.5 Å². The summed E-state index contributed by atoms with van der Waals surface area (Å²) in [5, 5.41) is 4.39. The van der Waals surface area contributed by atoms with E-state index in [1.165, 1.54) is 0 Å². The number of nitrogens with one attached hydrogen (secondary N) is 1. The van der Waals surface area contributed by atoms with Crippen molar-refractivity contribution < 1.29 is 9.47 Å². The third-order valence-corrected chi connectivity index (χ3v) is 7.65. The number of benzene rings is 2. The van der Waals surface area contributed by atoms with E-state index in [9.17, 15) is 0 Å². The van der Waals surface area contributed by atoms with Crippen LogP contribution in [0.25, 0.3) is 22.2 Å². The second-order valence-electron chi connectivity index (χ2n) is 9.89. The van der Waals surface area contributed by atoms with Crippen molar-refractivity contribution in [3.05, 3.63) is 72.7 Å². The lowest BCUT2D eigenvalue weighted by atomic mass is 9.82. The molecule has 1 atom stereocenters. The number of morpholine rings is 1. The van der Waals surface area contributed by atoms with Gasteiger partial charge in [-0.2, -0.15) is 0 Å². The van der Waals surface area contributed by atoms with E-state index in [0.29, 0.717) is 30.5 Å². The van der Waals surface area contributed by atoms with Crippen molar-refractivity contribution >= 4 is 16.9 Å². The maximum absolute atomic E-state index is 6.41. The Morgan fingerprint density at radius 3 is 2.69 bits per heavy atom. The zero-order valence-corrected chi connectivity index (χ0v) is 20.5. The Labute approximate surface area is 211 Å². The van der Waals surface area contributed by atoms with E-state index in [-0.39, 0.29) is 0 Å². The summed E-state index contributed by atoms with van der Waals surface area (Å²) < 4.78 is 14.5. The molecule has 1 saturated heterocycles. The predicted molar refractivity (Wildman–Crippen MR) is 142 cm³/mol. The molecule has 3 N–H and O–H groups in total. The molecule has 36 heavy (non-hydrogen) atoms. The normalized spacial score (nSPS) is 22.5. The summed E-state index contributed by atoms with van der Waals surface area (Å²) in [5.74, 6) is 1.96. The van der Waals surface area contributed by atoms with Gasteiger partial charge in [-0.05, 0) is 54.9 Å². The molecule has 7 nitrogen and oxygen atoms in total. The van der Waals surface area contributed by atoms with Crippen molar-refractivity contribution in [1.29, 1.82) is 0 Å². The molecule has 1 unspecified atom stereocenters. The molecule has 0 amide bonds. The molecule has 2 fully saturated rings. The summed E-state index contributed by atoms with van der Waals surface area (Å²) in [4.78, 5) is 9.00. The van der Waals surface area contributed by atoms with Crippen molar-refractivity contribution in [2.45, 2.75) is 44.4 Å². The number of hydrogen-bond acceptors (Lipinski definition) is 6. The average Bonchev–Trinajstić information content (AvgIpc) is 3.34. The zero-order valence-electron chi connectivity index (χ0n) is 20.5. The molecule has 1 aliphatic carbocycles. The van der Waals surface area contributed by atoms with Gasteiger partial charge in [0.15, 0.2) is 0 Å². The molecule has 0 spiro atoms. The molecule has 7 heteroatoms. The standard InChI is InChI=1S/C29H33N5O2/c30-28-27-25(22-7-4-8-24(15-22)36-18-20-5-2-1-3-6-20)17-34(29(27)33-19-32-28)23-11-9-21(10-12-23)26-16-31-13-14-35-26/h1-8,15,17,19,21,23,26,31H,9-14,16,18H2,(H2,30,32,33). The number of hydrogen-bond donors (Lipinski definition) is 2. The lowest BCUT2D eigenvalue weighted by Gasteiger charge is -2.36. The van der Waals surface area contributed by atoms with Crippen molar-refractivity contribution in [1.82, 2.24) is 19.9 Å². The highest BCUT2D eigenvalue weighted by Gasteiger charge is 2.31. The summed E-state index contributed by atoms with van der Waals surface area (Å²) in [6.07, 6.45) is 8.68. The maximum atomic E-state index is 6.41. The largest absolute Gasteiger partial charge is 0.489 e. The van der Waals surface area contributed by atoms with Gasteiger partial charge in [0.2, 0.25) is 0 Å². The SMILES string of the molecule is Nc1ncnc2c1c(-c1cccc(OCc3ccccc3)c1)cn2C1CCC(C2CNCCO2)CC1. The first-order chi connectivity index (χ1) is 17.8. The molecule has 186 valence electrons. The van der Waals surface area contributed by atoms with Gasteiger partial charge < -0.3 is 25.1 Å². The Kier molecular flexibility index (Phi) is 6.57. The van der Waals surface area contributed by atoms with Gasteiger partial charge in [0.1, 0.15) is 30.1 Å². The van der Waals surface area contributed by atoms with Crippen LogP contribution < -0.4 is 15.8 Å². The van der Waals surface area contributed by atoms with Gasteiger partial charge in [-0.3, -0.25) is 0 Å². The molecule has 2 aromatic heterocycles. The van der Waals surface area contributed by atoms with E-state index in [0.717, 1.165) is 78.9 Å². The van der Waals surface area contributed by atoms with Gasteiger partial charge in [0.25, 0.3) is 0 Å². The lowest BCUT2D eigenvalue weighted by Crippen LogP contribution is -2.43. The number of nitrogens with zero attached hydrogens (tertiary/aromatic N) is 3. The maximum Gasteiger partial charge on any atom is 0.146 e. The average molecular weight is 484 g/mol. The third-order valence-electron chi connectivity index (χ3n) is 7.65. The van der Waals surface area contributed by atoms with E-state index < -0.39 is 0 Å². The summed E-state index contributed by atoms with van der Waals surface area (Å²) in [5.41, 5.74) is 10.6. The van der Waals surface area contributed by atoms with Crippen LogP contribution in [0.5, 0.6) is 5.75 Å². The topological polar surface area (TPSA) is 87.2 Å². The summed E-state index contributed by atoms with van der Waals surface area (Å²) in [6, 6.07) is 18.8. The Balaban J connectivity index is 1.26. The van der Waals surface area contributed by atoms with Crippen molar-refractivity contribution in [2.75, 3.05) is 25.4 Å². The predicted octanol–water partition coefficient (Wildman–Crippen LogP) is 4.98. The number of ether oxygens (including phenoxy) is 2. The molecule has 3 heterocycles. The number of nitrogen functional groups attached to an aromatic ring is 1. The molecule has 0 radical (unpaired) electrons. The smallest absolute Gasteiger partial charge is 0.146 e. The number of fused-ring (bicyclic) bond motifs is 1. The molecule has 4 aromatic rings. The molecule has 6 rings (SSSR count). The summed E-state index contributed by atoms with van der Waals surface area (Å²) in [6.45, 7) is 3.28. The fourth-order valence-corrected chi connectivity index (χ4v) is 5.74. The minimum absolute atomic E-state index is 0.341. The molecule has 0 bridgehead atoms. The van der Waals surface area contributed by atoms with Crippen LogP contribution >= 0.6 is 0 Å². The second kappa shape index (κ2) is 10.3. The van der Waals surface area contributed by atoms with E-state index in [2.05, 4.69) is 50.3 Å². The van der Waals surface area contributed by atoms with Crippen molar-refractivity contribution in [3.63, 3.8) is 0 Å². The number of rotatable bonds is 6. The highest BCUT2D eigenvalue weighted by Crippen LogP contribution is 2.40. The number of nitrogens with two attached hydrogens (primary N) is 1. The molecule has 2 aliphatic rings. The van der Waals surface area contributed by atoms with Crippen LogP contribution in [0.15, 0.2) is 67.1 Å². The molecule has 2 aromatic carbocycles. The fourth-order valence-electron chi connectivity index (χ4n) is 5.74. The van der Waals surface area contributed by atoms with E-state index in [4.69, 9.17) is 15.2 Å². The summed E-state index contributed by atoms with van der Waals surface area (Å²) in [7, 11) is 0. The van der Waals surface area contributed by atoms with Gasteiger partial charge >= 0.3 is 0 Å². The second-order valence-corrected chi connectivity index (χ2v) is 9.89. The van der Waals surface area contributed by atoms with Crippen LogP contribution in [0.2, 0.25) is 0 Å². The van der Waals surface area contributed by atoms with Crippen molar-refractivity contribution in [2.24, 2.45) is 5.92 Å². The van der Waals surface area contributed by atoms with Gasteiger partial charge in [-0.25, -0.2) is 9.97 Å². The van der Waals surface area contributed by atoms with Gasteiger partial charge in [0.05, 0.1) is 18.1 Å². The van der Waals surface area contributed by atoms with Crippen LogP contribution in [0.1, 0.15) is 37.3 Å². The minimum atomic E-state index is 0.341. The first kappa shape index (κ1) is 23.0. The Morgan fingerprint density at radius 1 is 1.03 bits per heavy atom. The van der Waals surface area contributed by atoms with Gasteiger partial charge in [-0.15, -0.1) is 0 Å². The number of anilines is 1. The Morgan fingerprint density at radius 2 is 1.89 bits per heavy atom. The van der Waals surface area contributed by atoms with Crippen LogP contribution in [-0.4, -0.2) is 40.3 Å². The molecule has 1 saturated carbocycles.